The molecule has 0 aromatic heterocycles. The molecule has 0 aliphatic rings. The van der Waals surface area contributed by atoms with Gasteiger partial charge >= 0.3 is 0 Å². The summed E-state index contributed by atoms with van der Waals surface area (Å²) in [6, 6.07) is 12.2. The number of carbonyl (C=O) groups is 2. The Hall–Kier alpha value is -1.46. The molecule has 2 aromatic carbocycles. The summed E-state index contributed by atoms with van der Waals surface area (Å²) in [5.74, 6) is -0.353. The molecule has 3 nitrogen and oxygen atoms in total. The van der Waals surface area contributed by atoms with Crippen molar-refractivity contribution in [3.05, 3.63) is 62.5 Å². The Morgan fingerprint density at radius 3 is 2.35 bits per heavy atom. The molecule has 0 unspecified atom stereocenters. The molecule has 0 aliphatic carbocycles. The van der Waals surface area contributed by atoms with Crippen LogP contribution in [-0.2, 0) is 0 Å². The number of hydrogen-bond acceptors (Lipinski definition) is 2. The third kappa shape index (κ3) is 3.35. The number of benzene rings is 2. The molecule has 0 heterocycles. The maximum atomic E-state index is 12.3. The van der Waals surface area contributed by atoms with Crippen LogP contribution < -0.4 is 5.32 Å². The van der Waals surface area contributed by atoms with Gasteiger partial charge in [-0.2, -0.15) is 0 Å². The number of carbonyl (C=O) groups excluding carboxylic acids is 2. The summed E-state index contributed by atoms with van der Waals surface area (Å²) < 4.78 is 1.56. The lowest BCUT2D eigenvalue weighted by atomic mass is 10.1. The van der Waals surface area contributed by atoms with Gasteiger partial charge < -0.3 is 5.32 Å². The second kappa shape index (κ2) is 6.33. The van der Waals surface area contributed by atoms with E-state index in [1.165, 1.54) is 6.92 Å². The zero-order chi connectivity index (χ0) is 14.7. The SMILES string of the molecule is CC(=O)c1ccccc1NC(=O)c1ccc(Br)cc1Br. The Morgan fingerprint density at radius 2 is 1.70 bits per heavy atom. The minimum Gasteiger partial charge on any atom is -0.321 e. The van der Waals surface area contributed by atoms with Gasteiger partial charge in [-0.15, -0.1) is 0 Å². The molecule has 0 spiro atoms. The first-order valence-corrected chi connectivity index (χ1v) is 7.44. The van der Waals surface area contributed by atoms with E-state index in [0.717, 1.165) is 4.47 Å². The van der Waals surface area contributed by atoms with Crippen LogP contribution in [0.3, 0.4) is 0 Å². The first kappa shape index (κ1) is 14.9. The zero-order valence-electron chi connectivity index (χ0n) is 10.6. The third-order valence-electron chi connectivity index (χ3n) is 2.73. The lowest BCUT2D eigenvalue weighted by Gasteiger charge is -2.10. The fourth-order valence-electron chi connectivity index (χ4n) is 1.76. The van der Waals surface area contributed by atoms with E-state index >= 15 is 0 Å². The molecule has 0 aliphatic heterocycles. The average Bonchev–Trinajstić information content (AvgIpc) is 2.38. The number of Topliss-reactive ketones (excluding diaryl/α,β-unsaturated/α-hetero) is 1. The number of amides is 1. The molecule has 0 fully saturated rings. The Kier molecular flexibility index (Phi) is 4.73. The Labute approximate surface area is 133 Å². The normalized spacial score (nSPS) is 10.2. The van der Waals surface area contributed by atoms with Crippen LogP contribution >= 0.6 is 31.9 Å². The van der Waals surface area contributed by atoms with Crippen molar-refractivity contribution in [2.75, 3.05) is 5.32 Å². The van der Waals surface area contributed by atoms with Crippen LogP contribution in [0.1, 0.15) is 27.6 Å². The molecule has 2 aromatic rings. The predicted molar refractivity (Wildman–Crippen MR) is 86.2 cm³/mol. The number of nitrogens with one attached hydrogen (secondary N) is 1. The molecule has 1 amide bonds. The van der Waals surface area contributed by atoms with Crippen molar-refractivity contribution in [1.29, 1.82) is 0 Å². The Balaban J connectivity index is 2.30. The van der Waals surface area contributed by atoms with Crippen molar-refractivity contribution in [1.82, 2.24) is 0 Å². The lowest BCUT2D eigenvalue weighted by molar-refractivity contribution is 0.101. The minimum atomic E-state index is -0.266. The van der Waals surface area contributed by atoms with Crippen molar-refractivity contribution in [3.8, 4) is 0 Å². The number of para-hydroxylation sites is 1. The summed E-state index contributed by atoms with van der Waals surface area (Å²) in [5.41, 5.74) is 1.51. The molecule has 20 heavy (non-hydrogen) atoms. The molecule has 2 rings (SSSR count). The van der Waals surface area contributed by atoms with E-state index in [9.17, 15) is 9.59 Å². The van der Waals surface area contributed by atoms with Crippen LogP contribution in [0, 0.1) is 0 Å². The topological polar surface area (TPSA) is 46.2 Å². The number of rotatable bonds is 3. The first-order valence-electron chi connectivity index (χ1n) is 5.85. The highest BCUT2D eigenvalue weighted by Gasteiger charge is 2.13. The molecular formula is C15H11Br2NO2. The van der Waals surface area contributed by atoms with E-state index in [2.05, 4.69) is 37.2 Å². The van der Waals surface area contributed by atoms with E-state index in [1.807, 2.05) is 0 Å². The molecular weight excluding hydrogens is 386 g/mol. The summed E-state index contributed by atoms with van der Waals surface area (Å²) in [7, 11) is 0. The van der Waals surface area contributed by atoms with Gasteiger partial charge in [-0.1, -0.05) is 28.1 Å². The van der Waals surface area contributed by atoms with Crippen LogP contribution in [-0.4, -0.2) is 11.7 Å². The number of halogens is 2. The molecule has 0 saturated carbocycles. The van der Waals surface area contributed by atoms with Crippen LogP contribution in [0.25, 0.3) is 0 Å². The zero-order valence-corrected chi connectivity index (χ0v) is 13.8. The molecule has 5 heteroatoms. The van der Waals surface area contributed by atoms with Gasteiger partial charge in [0.05, 0.1) is 11.3 Å². The van der Waals surface area contributed by atoms with Crippen molar-refractivity contribution < 1.29 is 9.59 Å². The molecule has 0 saturated heterocycles. The monoisotopic (exact) mass is 395 g/mol. The second-order valence-corrected chi connectivity index (χ2v) is 5.95. The number of ketones is 1. The summed E-state index contributed by atoms with van der Waals surface area (Å²) in [6.07, 6.45) is 0. The molecule has 102 valence electrons. The van der Waals surface area contributed by atoms with Crippen LogP contribution in [0.2, 0.25) is 0 Å². The smallest absolute Gasteiger partial charge is 0.256 e. The van der Waals surface area contributed by atoms with E-state index in [0.29, 0.717) is 21.3 Å². The number of anilines is 1. The molecule has 0 radical (unpaired) electrons. The van der Waals surface area contributed by atoms with Crippen LogP contribution in [0.4, 0.5) is 5.69 Å². The minimum absolute atomic E-state index is 0.0872. The van der Waals surface area contributed by atoms with E-state index < -0.39 is 0 Å². The van der Waals surface area contributed by atoms with Crippen molar-refractivity contribution in [2.24, 2.45) is 0 Å². The van der Waals surface area contributed by atoms with Crippen LogP contribution in [0.5, 0.6) is 0 Å². The standard InChI is InChI=1S/C15H11Br2NO2/c1-9(19)11-4-2-3-5-14(11)18-15(20)12-7-6-10(16)8-13(12)17/h2-8H,1H3,(H,18,20). The highest BCUT2D eigenvalue weighted by Crippen LogP contribution is 2.24. The highest BCUT2D eigenvalue weighted by molar-refractivity contribution is 9.11. The van der Waals surface area contributed by atoms with Gasteiger partial charge in [-0.3, -0.25) is 9.59 Å². The molecule has 0 bridgehead atoms. The predicted octanol–water partition coefficient (Wildman–Crippen LogP) is 4.67. The fourth-order valence-corrected chi connectivity index (χ4v) is 2.99. The molecule has 0 atom stereocenters. The maximum Gasteiger partial charge on any atom is 0.256 e. The summed E-state index contributed by atoms with van der Waals surface area (Å²) in [4.78, 5) is 23.8. The third-order valence-corrected chi connectivity index (χ3v) is 3.88. The van der Waals surface area contributed by atoms with Gasteiger partial charge in [0.25, 0.3) is 5.91 Å². The summed E-state index contributed by atoms with van der Waals surface area (Å²) in [6.45, 7) is 1.47. The van der Waals surface area contributed by atoms with Gasteiger partial charge in [0.15, 0.2) is 5.78 Å². The lowest BCUT2D eigenvalue weighted by Crippen LogP contribution is -2.14. The number of hydrogen-bond donors (Lipinski definition) is 1. The average molecular weight is 397 g/mol. The van der Waals surface area contributed by atoms with E-state index in [-0.39, 0.29) is 11.7 Å². The van der Waals surface area contributed by atoms with E-state index in [4.69, 9.17) is 0 Å². The largest absolute Gasteiger partial charge is 0.321 e. The first-order chi connectivity index (χ1) is 9.49. The van der Waals surface area contributed by atoms with Crippen molar-refractivity contribution in [3.63, 3.8) is 0 Å². The van der Waals surface area contributed by atoms with Gasteiger partial charge in [-0.05, 0) is 53.2 Å². The van der Waals surface area contributed by atoms with Crippen LogP contribution in [0.15, 0.2) is 51.4 Å². The van der Waals surface area contributed by atoms with Crippen molar-refractivity contribution in [2.45, 2.75) is 6.92 Å². The highest BCUT2D eigenvalue weighted by atomic mass is 79.9. The summed E-state index contributed by atoms with van der Waals surface area (Å²) >= 11 is 6.69. The fraction of sp³-hybridized carbons (Fsp3) is 0.0667. The van der Waals surface area contributed by atoms with Gasteiger partial charge in [0.2, 0.25) is 0 Å². The van der Waals surface area contributed by atoms with Gasteiger partial charge in [-0.25, -0.2) is 0 Å². The van der Waals surface area contributed by atoms with Gasteiger partial charge in [0, 0.05) is 14.5 Å². The van der Waals surface area contributed by atoms with Crippen molar-refractivity contribution >= 4 is 49.2 Å². The Morgan fingerprint density at radius 1 is 1.00 bits per heavy atom. The second-order valence-electron chi connectivity index (χ2n) is 4.18. The maximum absolute atomic E-state index is 12.3. The summed E-state index contributed by atoms with van der Waals surface area (Å²) in [5, 5.41) is 2.76. The Bertz CT molecular complexity index is 683. The van der Waals surface area contributed by atoms with E-state index in [1.54, 1.807) is 42.5 Å². The van der Waals surface area contributed by atoms with Gasteiger partial charge in [0.1, 0.15) is 0 Å². The quantitative estimate of drug-likeness (QED) is 0.766. The molecule has 1 N–H and O–H groups in total.